The largest absolute Gasteiger partial charge is 0.378 e. The van der Waals surface area contributed by atoms with Crippen molar-refractivity contribution in [3.63, 3.8) is 0 Å². The van der Waals surface area contributed by atoms with Crippen molar-refractivity contribution >= 4 is 33.2 Å². The Morgan fingerprint density at radius 2 is 1.96 bits per heavy atom. The van der Waals surface area contributed by atoms with Crippen LogP contribution in [0.4, 0.5) is 11.4 Å². The van der Waals surface area contributed by atoms with Crippen LogP contribution in [0.2, 0.25) is 0 Å². The number of anilines is 2. The minimum Gasteiger partial charge on any atom is -0.378 e. The van der Waals surface area contributed by atoms with E-state index in [0.29, 0.717) is 6.54 Å². The summed E-state index contributed by atoms with van der Waals surface area (Å²) in [5.74, 6) is -0.0190. The van der Waals surface area contributed by atoms with Crippen LogP contribution < -0.4 is 10.2 Å². The van der Waals surface area contributed by atoms with Gasteiger partial charge in [0, 0.05) is 35.5 Å². The molecule has 1 aliphatic rings. The number of rotatable bonds is 6. The van der Waals surface area contributed by atoms with E-state index in [1.165, 1.54) is 11.3 Å². The summed E-state index contributed by atoms with van der Waals surface area (Å²) < 4.78 is 6.40. The predicted octanol–water partition coefficient (Wildman–Crippen LogP) is 3.36. The molecule has 0 unspecified atom stereocenters. The van der Waals surface area contributed by atoms with E-state index in [-0.39, 0.29) is 5.91 Å². The number of likely N-dealkylation sites (N-methyl/N-ethyl adjacent to an activating group) is 1. The number of nitrogens with one attached hydrogen (secondary N) is 1. The van der Waals surface area contributed by atoms with Gasteiger partial charge in [-0.05, 0) is 36.9 Å². The molecule has 0 aliphatic carbocycles. The van der Waals surface area contributed by atoms with Gasteiger partial charge in [-0.2, -0.15) is 0 Å². The van der Waals surface area contributed by atoms with Crippen molar-refractivity contribution in [3.05, 3.63) is 58.6 Å². The van der Waals surface area contributed by atoms with Gasteiger partial charge in [-0.15, -0.1) is 0 Å². The molecule has 138 valence electrons. The summed E-state index contributed by atoms with van der Waals surface area (Å²) in [4.78, 5) is 16.7. The van der Waals surface area contributed by atoms with Crippen molar-refractivity contribution in [1.82, 2.24) is 4.90 Å². The number of ether oxygens (including phenoxy) is 1. The highest BCUT2D eigenvalue weighted by atomic mass is 79.9. The van der Waals surface area contributed by atoms with Crippen LogP contribution in [0.25, 0.3) is 0 Å². The third kappa shape index (κ3) is 5.30. The third-order valence-electron chi connectivity index (χ3n) is 4.31. The van der Waals surface area contributed by atoms with Gasteiger partial charge in [0.1, 0.15) is 0 Å². The first-order chi connectivity index (χ1) is 12.6. The number of para-hydroxylation sites is 1. The summed E-state index contributed by atoms with van der Waals surface area (Å²) in [5.41, 5.74) is 3.26. The monoisotopic (exact) mass is 417 g/mol. The van der Waals surface area contributed by atoms with Crippen LogP contribution in [0.1, 0.15) is 5.56 Å². The Labute approximate surface area is 163 Å². The summed E-state index contributed by atoms with van der Waals surface area (Å²) in [7, 11) is 1.97. The molecule has 0 saturated carbocycles. The average molecular weight is 418 g/mol. The van der Waals surface area contributed by atoms with Crippen LogP contribution in [0.3, 0.4) is 0 Å². The van der Waals surface area contributed by atoms with Crippen LogP contribution in [0, 0.1) is 0 Å². The van der Waals surface area contributed by atoms with Crippen molar-refractivity contribution in [2.45, 2.75) is 6.54 Å². The Bertz CT molecular complexity index is 747. The quantitative estimate of drug-likeness (QED) is 0.782. The molecular weight excluding hydrogens is 394 g/mol. The lowest BCUT2D eigenvalue weighted by atomic mass is 10.1. The normalized spacial score (nSPS) is 14.5. The van der Waals surface area contributed by atoms with E-state index in [9.17, 15) is 4.79 Å². The van der Waals surface area contributed by atoms with Crippen molar-refractivity contribution < 1.29 is 9.53 Å². The van der Waals surface area contributed by atoms with E-state index < -0.39 is 0 Å². The fraction of sp³-hybridized carbons (Fsp3) is 0.350. The summed E-state index contributed by atoms with van der Waals surface area (Å²) in [6.07, 6.45) is 0. The minimum atomic E-state index is -0.0190. The highest BCUT2D eigenvalue weighted by molar-refractivity contribution is 9.10. The Kier molecular flexibility index (Phi) is 6.66. The lowest BCUT2D eigenvalue weighted by Crippen LogP contribution is -2.37. The average Bonchev–Trinajstić information content (AvgIpc) is 2.62. The van der Waals surface area contributed by atoms with E-state index in [1.807, 2.05) is 36.2 Å². The molecule has 5 nitrogen and oxygen atoms in total. The third-order valence-corrected chi connectivity index (χ3v) is 4.80. The maximum atomic E-state index is 12.3. The fourth-order valence-electron chi connectivity index (χ4n) is 3.12. The number of carbonyl (C=O) groups is 1. The van der Waals surface area contributed by atoms with E-state index in [0.717, 1.165) is 43.0 Å². The fourth-order valence-corrected chi connectivity index (χ4v) is 3.52. The molecule has 2 aromatic rings. The molecule has 1 saturated heterocycles. The second kappa shape index (κ2) is 9.16. The maximum absolute atomic E-state index is 12.3. The number of carbonyl (C=O) groups excluding carboxylic acids is 1. The number of nitrogens with zero attached hydrogens (tertiary/aromatic N) is 2. The molecule has 0 bridgehead atoms. The van der Waals surface area contributed by atoms with Crippen molar-refractivity contribution in [2.24, 2.45) is 0 Å². The first kappa shape index (κ1) is 18.9. The number of morpholine rings is 1. The molecule has 2 aromatic carbocycles. The molecule has 26 heavy (non-hydrogen) atoms. The van der Waals surface area contributed by atoms with E-state index in [1.54, 1.807) is 0 Å². The smallest absolute Gasteiger partial charge is 0.238 e. The molecule has 0 atom stereocenters. The Balaban J connectivity index is 1.59. The first-order valence-corrected chi connectivity index (χ1v) is 9.56. The minimum absolute atomic E-state index is 0.0190. The van der Waals surface area contributed by atoms with Gasteiger partial charge in [-0.1, -0.05) is 40.2 Å². The molecule has 1 N–H and O–H groups in total. The molecule has 0 spiro atoms. The van der Waals surface area contributed by atoms with Gasteiger partial charge in [0.05, 0.1) is 19.8 Å². The van der Waals surface area contributed by atoms with Gasteiger partial charge in [-0.25, -0.2) is 0 Å². The van der Waals surface area contributed by atoms with Gasteiger partial charge in [0.15, 0.2) is 0 Å². The molecule has 0 aromatic heterocycles. The Morgan fingerprint density at radius 1 is 1.19 bits per heavy atom. The van der Waals surface area contributed by atoms with Crippen LogP contribution in [0.5, 0.6) is 0 Å². The highest BCUT2D eigenvalue weighted by Crippen LogP contribution is 2.22. The molecule has 3 rings (SSSR count). The zero-order valence-corrected chi connectivity index (χ0v) is 16.5. The summed E-state index contributed by atoms with van der Waals surface area (Å²) in [6.45, 7) is 4.40. The molecule has 6 heteroatoms. The Hall–Kier alpha value is -1.89. The molecule has 1 fully saturated rings. The zero-order chi connectivity index (χ0) is 18.4. The van der Waals surface area contributed by atoms with Gasteiger partial charge >= 0.3 is 0 Å². The number of amides is 1. The number of hydrogen-bond acceptors (Lipinski definition) is 4. The lowest BCUT2D eigenvalue weighted by Gasteiger charge is -2.31. The second-order valence-electron chi connectivity index (χ2n) is 6.46. The van der Waals surface area contributed by atoms with Crippen molar-refractivity contribution in [3.8, 4) is 0 Å². The van der Waals surface area contributed by atoms with Crippen LogP contribution in [-0.2, 0) is 16.1 Å². The van der Waals surface area contributed by atoms with Gasteiger partial charge in [0.25, 0.3) is 0 Å². The van der Waals surface area contributed by atoms with Gasteiger partial charge < -0.3 is 15.0 Å². The second-order valence-corrected chi connectivity index (χ2v) is 7.37. The summed E-state index contributed by atoms with van der Waals surface area (Å²) in [6, 6.07) is 16.0. The number of benzene rings is 2. The van der Waals surface area contributed by atoms with E-state index >= 15 is 0 Å². The standard InChI is InChI=1S/C20H24BrN3O2/c1-23(15-20(25)22-18-7-4-6-17(21)13-18)14-16-5-2-3-8-19(16)24-9-11-26-12-10-24/h2-8,13H,9-12,14-15H2,1H3,(H,22,25). The van der Waals surface area contributed by atoms with Gasteiger partial charge in [0.2, 0.25) is 5.91 Å². The first-order valence-electron chi connectivity index (χ1n) is 8.76. The maximum Gasteiger partial charge on any atom is 0.238 e. The van der Waals surface area contributed by atoms with Crippen LogP contribution in [-0.4, -0.2) is 50.7 Å². The zero-order valence-electron chi connectivity index (χ0n) is 15.0. The van der Waals surface area contributed by atoms with E-state index in [2.05, 4.69) is 50.4 Å². The predicted molar refractivity (Wildman–Crippen MR) is 109 cm³/mol. The van der Waals surface area contributed by atoms with Crippen molar-refractivity contribution in [1.29, 1.82) is 0 Å². The van der Waals surface area contributed by atoms with Gasteiger partial charge in [-0.3, -0.25) is 9.69 Å². The Morgan fingerprint density at radius 3 is 2.73 bits per heavy atom. The molecule has 1 aliphatic heterocycles. The van der Waals surface area contributed by atoms with Crippen LogP contribution >= 0.6 is 15.9 Å². The summed E-state index contributed by atoms with van der Waals surface area (Å²) >= 11 is 3.42. The molecule has 0 radical (unpaired) electrons. The molecule has 1 heterocycles. The molecular formula is C20H24BrN3O2. The highest BCUT2D eigenvalue weighted by Gasteiger charge is 2.16. The van der Waals surface area contributed by atoms with Crippen LogP contribution in [0.15, 0.2) is 53.0 Å². The van der Waals surface area contributed by atoms with Crippen molar-refractivity contribution in [2.75, 3.05) is 50.1 Å². The number of halogens is 1. The SMILES string of the molecule is CN(CC(=O)Nc1cccc(Br)c1)Cc1ccccc1N1CCOCC1. The summed E-state index contributed by atoms with van der Waals surface area (Å²) in [5, 5.41) is 2.94. The topological polar surface area (TPSA) is 44.8 Å². The number of hydrogen-bond donors (Lipinski definition) is 1. The lowest BCUT2D eigenvalue weighted by molar-refractivity contribution is -0.117. The van der Waals surface area contributed by atoms with E-state index in [4.69, 9.17) is 4.74 Å². The molecule has 1 amide bonds.